The van der Waals surface area contributed by atoms with E-state index in [0.29, 0.717) is 0 Å². The van der Waals surface area contributed by atoms with Crippen LogP contribution in [0.25, 0.3) is 0 Å². The average molecular weight is 160 g/mol. The molecule has 0 rings (SSSR count). The second-order valence-electron chi connectivity index (χ2n) is 2.15. The van der Waals surface area contributed by atoms with Crippen LogP contribution < -0.4 is 5.73 Å². The zero-order valence-electron chi connectivity index (χ0n) is 5.91. The molecule has 62 valence electrons. The maximum atomic E-state index is 10.2. The van der Waals surface area contributed by atoms with Gasteiger partial charge in [-0.05, 0) is 0 Å². The first-order chi connectivity index (χ1) is 4.95. The third-order valence-electron chi connectivity index (χ3n) is 1.14. The Balaban J connectivity index is 3.95. The maximum Gasteiger partial charge on any atom is 0.362 e. The van der Waals surface area contributed by atoms with Gasteiger partial charge in [-0.2, -0.15) is 0 Å². The molecular formula is C6H10NO4+. The van der Waals surface area contributed by atoms with Gasteiger partial charge in [-0.25, -0.2) is 9.59 Å². The van der Waals surface area contributed by atoms with Crippen LogP contribution in [-0.2, 0) is 9.59 Å². The summed E-state index contributed by atoms with van der Waals surface area (Å²) in [5.41, 5.74) is 3.10. The number of carboxylic acid groups (broad SMARTS) is 2. The molecule has 0 unspecified atom stereocenters. The van der Waals surface area contributed by atoms with Crippen LogP contribution in [0, 0.1) is 0 Å². The normalized spacial score (nSPS) is 12.1. The minimum absolute atomic E-state index is 0.120. The van der Waals surface area contributed by atoms with Crippen molar-refractivity contribution in [1.82, 2.24) is 0 Å². The standard InChI is InChI=1S/C6H9NO4/c1-3(5(8)9)2-4(7)6(10)11/h4H,1-2,7H2,(H,8,9)(H,10,11)/p+1/t4-/m0/s1. The summed E-state index contributed by atoms with van der Waals surface area (Å²) in [6, 6.07) is -0.932. The summed E-state index contributed by atoms with van der Waals surface area (Å²) in [7, 11) is 0. The highest BCUT2D eigenvalue weighted by molar-refractivity contribution is 5.87. The molecule has 0 saturated carbocycles. The van der Waals surface area contributed by atoms with Gasteiger partial charge in [0.05, 0.1) is 0 Å². The molecule has 5 nitrogen and oxygen atoms in total. The van der Waals surface area contributed by atoms with E-state index in [1.54, 1.807) is 0 Å². The van der Waals surface area contributed by atoms with E-state index < -0.39 is 18.0 Å². The van der Waals surface area contributed by atoms with Crippen LogP contribution in [0.3, 0.4) is 0 Å². The Labute approximate surface area is 63.1 Å². The van der Waals surface area contributed by atoms with Crippen LogP contribution in [0.4, 0.5) is 0 Å². The molecule has 0 radical (unpaired) electrons. The van der Waals surface area contributed by atoms with Gasteiger partial charge in [-0.15, -0.1) is 0 Å². The minimum atomic E-state index is -1.18. The Bertz CT molecular complexity index is 199. The number of rotatable bonds is 4. The van der Waals surface area contributed by atoms with Crippen molar-refractivity contribution >= 4 is 11.9 Å². The maximum absolute atomic E-state index is 10.2. The largest absolute Gasteiger partial charge is 0.478 e. The number of hydrogen-bond acceptors (Lipinski definition) is 2. The molecule has 1 atom stereocenters. The van der Waals surface area contributed by atoms with E-state index in [-0.39, 0.29) is 12.0 Å². The van der Waals surface area contributed by atoms with Crippen molar-refractivity contribution in [3.63, 3.8) is 0 Å². The molecule has 5 N–H and O–H groups in total. The lowest BCUT2D eigenvalue weighted by atomic mass is 10.1. The summed E-state index contributed by atoms with van der Waals surface area (Å²) < 4.78 is 0. The van der Waals surface area contributed by atoms with Gasteiger partial charge in [-0.1, -0.05) is 6.58 Å². The molecule has 0 aromatic heterocycles. The Kier molecular flexibility index (Phi) is 3.26. The van der Waals surface area contributed by atoms with Gasteiger partial charge in [0.15, 0.2) is 6.04 Å². The van der Waals surface area contributed by atoms with Gasteiger partial charge in [0.1, 0.15) is 0 Å². The van der Waals surface area contributed by atoms with Crippen molar-refractivity contribution < 1.29 is 25.5 Å². The smallest absolute Gasteiger partial charge is 0.362 e. The molecule has 0 heterocycles. The van der Waals surface area contributed by atoms with Crippen LogP contribution in [0.5, 0.6) is 0 Å². The Morgan fingerprint density at radius 1 is 1.45 bits per heavy atom. The zero-order valence-corrected chi connectivity index (χ0v) is 5.91. The fourth-order valence-corrected chi connectivity index (χ4v) is 0.472. The van der Waals surface area contributed by atoms with Crippen LogP contribution in [0.2, 0.25) is 0 Å². The summed E-state index contributed by atoms with van der Waals surface area (Å²) in [6.45, 7) is 3.17. The molecule has 0 bridgehead atoms. The molecular weight excluding hydrogens is 150 g/mol. The van der Waals surface area contributed by atoms with Gasteiger partial charge in [0.2, 0.25) is 0 Å². The molecule has 0 saturated heterocycles. The lowest BCUT2D eigenvalue weighted by Gasteiger charge is -2.01. The molecule has 0 aliphatic carbocycles. The highest BCUT2D eigenvalue weighted by atomic mass is 16.4. The number of carbonyl (C=O) groups is 2. The zero-order chi connectivity index (χ0) is 9.02. The van der Waals surface area contributed by atoms with Crippen molar-refractivity contribution in [2.45, 2.75) is 12.5 Å². The minimum Gasteiger partial charge on any atom is -0.478 e. The van der Waals surface area contributed by atoms with E-state index in [9.17, 15) is 9.59 Å². The fourth-order valence-electron chi connectivity index (χ4n) is 0.472. The molecule has 0 aliphatic heterocycles. The molecule has 0 amide bonds. The van der Waals surface area contributed by atoms with Crippen molar-refractivity contribution in [3.05, 3.63) is 12.2 Å². The van der Waals surface area contributed by atoms with Crippen molar-refractivity contribution in [1.29, 1.82) is 0 Å². The second kappa shape index (κ2) is 3.72. The number of aliphatic carboxylic acids is 2. The van der Waals surface area contributed by atoms with E-state index in [0.717, 1.165) is 0 Å². The number of hydrogen-bond donors (Lipinski definition) is 3. The Morgan fingerprint density at radius 2 is 1.91 bits per heavy atom. The van der Waals surface area contributed by atoms with Crippen molar-refractivity contribution in [2.75, 3.05) is 0 Å². The predicted molar refractivity (Wildman–Crippen MR) is 35.7 cm³/mol. The highest BCUT2D eigenvalue weighted by Gasteiger charge is 2.19. The van der Waals surface area contributed by atoms with Gasteiger partial charge in [0, 0.05) is 12.0 Å². The van der Waals surface area contributed by atoms with E-state index in [1.807, 2.05) is 0 Å². The monoisotopic (exact) mass is 160 g/mol. The first-order valence-electron chi connectivity index (χ1n) is 2.92. The van der Waals surface area contributed by atoms with E-state index in [1.165, 1.54) is 0 Å². The summed E-state index contributed by atoms with van der Waals surface area (Å²) in [5.74, 6) is -2.30. The average Bonchev–Trinajstić information content (AvgIpc) is 1.87. The van der Waals surface area contributed by atoms with Crippen LogP contribution in [0.15, 0.2) is 12.2 Å². The summed E-state index contributed by atoms with van der Waals surface area (Å²) in [6.07, 6.45) is -0.120. The van der Waals surface area contributed by atoms with Gasteiger partial charge in [-0.3, -0.25) is 0 Å². The SMILES string of the molecule is C=C(C[C@H]([NH3+])C(=O)O)C(=O)O. The summed E-state index contributed by atoms with van der Waals surface area (Å²) >= 11 is 0. The van der Waals surface area contributed by atoms with E-state index in [2.05, 4.69) is 12.3 Å². The van der Waals surface area contributed by atoms with Crippen molar-refractivity contribution in [3.8, 4) is 0 Å². The predicted octanol–water partition coefficient (Wildman–Crippen LogP) is -1.29. The first-order valence-corrected chi connectivity index (χ1v) is 2.92. The molecule has 0 fully saturated rings. The molecule has 0 spiro atoms. The lowest BCUT2D eigenvalue weighted by Crippen LogP contribution is -2.65. The third-order valence-corrected chi connectivity index (χ3v) is 1.14. The third kappa shape index (κ3) is 3.36. The Hall–Kier alpha value is -1.36. The fraction of sp³-hybridized carbons (Fsp3) is 0.333. The first kappa shape index (κ1) is 9.64. The quantitative estimate of drug-likeness (QED) is 0.445. The topological polar surface area (TPSA) is 102 Å². The molecule has 0 aliphatic rings. The van der Waals surface area contributed by atoms with Crippen LogP contribution in [0.1, 0.15) is 6.42 Å². The summed E-state index contributed by atoms with van der Waals surface area (Å²) in [5, 5.41) is 16.6. The number of carboxylic acids is 2. The molecule has 11 heavy (non-hydrogen) atoms. The second-order valence-corrected chi connectivity index (χ2v) is 2.15. The van der Waals surface area contributed by atoms with Crippen LogP contribution in [-0.4, -0.2) is 28.2 Å². The lowest BCUT2D eigenvalue weighted by molar-refractivity contribution is -0.406. The molecule has 0 aromatic carbocycles. The van der Waals surface area contributed by atoms with Gasteiger partial charge >= 0.3 is 11.9 Å². The highest BCUT2D eigenvalue weighted by Crippen LogP contribution is 1.99. The Morgan fingerprint density at radius 3 is 2.18 bits per heavy atom. The molecule has 0 aromatic rings. The molecule has 5 heteroatoms. The van der Waals surface area contributed by atoms with Gasteiger partial charge in [0.25, 0.3) is 0 Å². The number of quaternary nitrogens is 1. The van der Waals surface area contributed by atoms with E-state index in [4.69, 9.17) is 10.2 Å². The van der Waals surface area contributed by atoms with Gasteiger partial charge < -0.3 is 15.9 Å². The van der Waals surface area contributed by atoms with Crippen LogP contribution >= 0.6 is 0 Å². The van der Waals surface area contributed by atoms with E-state index >= 15 is 0 Å². The summed E-state index contributed by atoms with van der Waals surface area (Å²) in [4.78, 5) is 20.3. The van der Waals surface area contributed by atoms with Crippen molar-refractivity contribution in [2.24, 2.45) is 0 Å².